The molecule has 3 rings (SSSR count). The topological polar surface area (TPSA) is 80.0 Å². The molecule has 0 aliphatic carbocycles. The van der Waals surface area contributed by atoms with Crippen LogP contribution in [0.4, 0.5) is 0 Å². The molecule has 6 nitrogen and oxygen atoms in total. The van der Waals surface area contributed by atoms with E-state index in [4.69, 9.17) is 36.9 Å². The van der Waals surface area contributed by atoms with Crippen molar-refractivity contribution in [2.24, 2.45) is 5.73 Å². The number of hydrogen-bond donors (Lipinski definition) is 1. The van der Waals surface area contributed by atoms with Crippen LogP contribution in [0.15, 0.2) is 36.4 Å². The number of benzene rings is 2. The average Bonchev–Trinajstić information content (AvgIpc) is 2.82. The van der Waals surface area contributed by atoms with E-state index in [1.165, 1.54) is 0 Å². The number of carbonyl (C=O) groups excluding carboxylic acids is 1. The van der Waals surface area contributed by atoms with Crippen molar-refractivity contribution in [2.75, 3.05) is 20.3 Å². The first-order chi connectivity index (χ1) is 16.0. The van der Waals surface area contributed by atoms with Gasteiger partial charge in [0.05, 0.1) is 26.9 Å². The molecule has 2 aromatic carbocycles. The summed E-state index contributed by atoms with van der Waals surface area (Å²) in [5.74, 6) is 2.10. The quantitative estimate of drug-likeness (QED) is 0.316. The molecular formula is C26H33NO5S. The minimum Gasteiger partial charge on any atom is -0.494 e. The molecule has 1 aliphatic rings. The number of ketones is 1. The summed E-state index contributed by atoms with van der Waals surface area (Å²) in [5.41, 5.74) is 7.91. The Balaban J connectivity index is 1.31. The summed E-state index contributed by atoms with van der Waals surface area (Å²) in [7, 11) is 1.61. The zero-order chi connectivity index (χ0) is 23.6. The van der Waals surface area contributed by atoms with Crippen LogP contribution in [0, 0.1) is 0 Å². The number of fused-ring (bicyclic) bond motifs is 1. The first-order valence-corrected chi connectivity index (χ1v) is 11.9. The molecule has 0 saturated heterocycles. The highest BCUT2D eigenvalue weighted by atomic mass is 32.1. The van der Waals surface area contributed by atoms with E-state index in [-0.39, 0.29) is 5.78 Å². The molecule has 33 heavy (non-hydrogen) atoms. The third-order valence-electron chi connectivity index (χ3n) is 5.75. The molecule has 178 valence electrons. The fraction of sp³-hybridized carbons (Fsp3) is 0.462. The summed E-state index contributed by atoms with van der Waals surface area (Å²) in [4.78, 5) is 12.8. The molecule has 2 N–H and O–H groups in total. The van der Waals surface area contributed by atoms with E-state index >= 15 is 0 Å². The van der Waals surface area contributed by atoms with E-state index in [1.807, 2.05) is 24.3 Å². The smallest absolute Gasteiger partial charge is 0.191 e. The molecule has 0 bridgehead atoms. The van der Waals surface area contributed by atoms with Gasteiger partial charge in [-0.25, -0.2) is 0 Å². The minimum absolute atomic E-state index is 0.00981. The SMILES string of the molecule is COc1ccc2c(c1OCCCCCCCCOc1ccc(C(N)=S)cc1)COC(C)C2=O. The molecule has 1 heterocycles. The normalized spacial score (nSPS) is 15.1. The van der Waals surface area contributed by atoms with E-state index in [0.29, 0.717) is 41.9 Å². The Bertz CT molecular complexity index is 944. The predicted molar refractivity (Wildman–Crippen MR) is 133 cm³/mol. The Morgan fingerprint density at radius 3 is 2.27 bits per heavy atom. The third-order valence-corrected chi connectivity index (χ3v) is 5.98. The Hall–Kier alpha value is -2.64. The van der Waals surface area contributed by atoms with E-state index < -0.39 is 6.10 Å². The summed E-state index contributed by atoms with van der Waals surface area (Å²) in [6.45, 7) is 3.43. The Labute approximate surface area is 201 Å². The molecule has 0 spiro atoms. The van der Waals surface area contributed by atoms with Crippen molar-refractivity contribution in [3.05, 3.63) is 53.1 Å². The highest BCUT2D eigenvalue weighted by molar-refractivity contribution is 7.80. The molecular weight excluding hydrogens is 438 g/mol. The van der Waals surface area contributed by atoms with Crippen LogP contribution in [0.25, 0.3) is 0 Å². The fourth-order valence-electron chi connectivity index (χ4n) is 3.79. The van der Waals surface area contributed by atoms with Gasteiger partial charge in [0, 0.05) is 16.7 Å². The van der Waals surface area contributed by atoms with E-state index in [0.717, 1.165) is 55.4 Å². The molecule has 2 aromatic rings. The summed E-state index contributed by atoms with van der Waals surface area (Å²) in [6, 6.07) is 11.2. The van der Waals surface area contributed by atoms with Crippen molar-refractivity contribution in [1.82, 2.24) is 0 Å². The van der Waals surface area contributed by atoms with Gasteiger partial charge in [-0.3, -0.25) is 4.79 Å². The van der Waals surface area contributed by atoms with Gasteiger partial charge in [0.2, 0.25) is 0 Å². The number of Topliss-reactive ketones (excluding diaryl/α,β-unsaturated/α-hetero) is 1. The highest BCUT2D eigenvalue weighted by Gasteiger charge is 2.28. The summed E-state index contributed by atoms with van der Waals surface area (Å²) >= 11 is 4.95. The first kappa shape index (κ1) is 25.0. The van der Waals surface area contributed by atoms with E-state index in [2.05, 4.69) is 0 Å². The first-order valence-electron chi connectivity index (χ1n) is 11.5. The van der Waals surface area contributed by atoms with Crippen molar-refractivity contribution in [2.45, 2.75) is 58.2 Å². The number of unbranched alkanes of at least 4 members (excludes halogenated alkanes) is 5. The van der Waals surface area contributed by atoms with Crippen LogP contribution in [0.1, 0.15) is 66.9 Å². The van der Waals surface area contributed by atoms with Gasteiger partial charge in [0.25, 0.3) is 0 Å². The Morgan fingerprint density at radius 2 is 1.64 bits per heavy atom. The van der Waals surface area contributed by atoms with Crippen LogP contribution in [0.3, 0.4) is 0 Å². The van der Waals surface area contributed by atoms with Crippen LogP contribution in [-0.2, 0) is 11.3 Å². The second-order valence-corrected chi connectivity index (χ2v) is 8.59. The molecule has 0 amide bonds. The number of thiocarbonyl (C=S) groups is 1. The maximum atomic E-state index is 12.4. The summed E-state index contributed by atoms with van der Waals surface area (Å²) in [6.07, 6.45) is 6.08. The number of ether oxygens (including phenoxy) is 4. The molecule has 1 unspecified atom stereocenters. The fourth-order valence-corrected chi connectivity index (χ4v) is 3.93. The number of carbonyl (C=O) groups is 1. The monoisotopic (exact) mass is 471 g/mol. The molecule has 1 aliphatic heterocycles. The lowest BCUT2D eigenvalue weighted by Gasteiger charge is -2.24. The number of methoxy groups -OCH3 is 1. The van der Waals surface area contributed by atoms with Gasteiger partial charge in [-0.1, -0.05) is 37.9 Å². The summed E-state index contributed by atoms with van der Waals surface area (Å²) < 4.78 is 22.8. The Morgan fingerprint density at radius 1 is 1.00 bits per heavy atom. The second-order valence-electron chi connectivity index (χ2n) is 8.15. The van der Waals surface area contributed by atoms with Gasteiger partial charge < -0.3 is 24.7 Å². The van der Waals surface area contributed by atoms with Crippen molar-refractivity contribution in [3.63, 3.8) is 0 Å². The highest BCUT2D eigenvalue weighted by Crippen LogP contribution is 2.37. The molecule has 0 radical (unpaired) electrons. The van der Waals surface area contributed by atoms with Gasteiger partial charge in [-0.15, -0.1) is 0 Å². The van der Waals surface area contributed by atoms with Crippen molar-refractivity contribution < 1.29 is 23.7 Å². The lowest BCUT2D eigenvalue weighted by molar-refractivity contribution is 0.0324. The lowest BCUT2D eigenvalue weighted by atomic mass is 9.97. The standard InChI is InChI=1S/C26H33NO5S/c1-18-24(28)21-13-14-23(29-2)25(22(21)17-32-18)31-16-8-6-4-3-5-7-15-30-20-11-9-19(10-12-20)26(27)33/h9-14,18H,3-8,15-17H2,1-2H3,(H2,27,33). The third kappa shape index (κ3) is 6.92. The van der Waals surface area contributed by atoms with Gasteiger partial charge in [0.1, 0.15) is 16.8 Å². The van der Waals surface area contributed by atoms with Crippen LogP contribution in [0.5, 0.6) is 17.2 Å². The van der Waals surface area contributed by atoms with Gasteiger partial charge in [-0.2, -0.15) is 0 Å². The van der Waals surface area contributed by atoms with Crippen molar-refractivity contribution >= 4 is 23.0 Å². The molecule has 0 saturated carbocycles. The van der Waals surface area contributed by atoms with Crippen LogP contribution in [-0.4, -0.2) is 37.2 Å². The van der Waals surface area contributed by atoms with Crippen LogP contribution >= 0.6 is 12.2 Å². The van der Waals surface area contributed by atoms with Gasteiger partial charge in [0.15, 0.2) is 17.3 Å². The molecule has 0 fully saturated rings. The zero-order valence-electron chi connectivity index (χ0n) is 19.4. The molecule has 7 heteroatoms. The average molecular weight is 472 g/mol. The lowest BCUT2D eigenvalue weighted by Crippen LogP contribution is -2.27. The number of hydrogen-bond acceptors (Lipinski definition) is 6. The van der Waals surface area contributed by atoms with Crippen molar-refractivity contribution in [1.29, 1.82) is 0 Å². The van der Waals surface area contributed by atoms with Crippen LogP contribution < -0.4 is 19.9 Å². The predicted octanol–water partition coefficient (Wildman–Crippen LogP) is 5.23. The van der Waals surface area contributed by atoms with Crippen molar-refractivity contribution in [3.8, 4) is 17.2 Å². The second kappa shape index (κ2) is 12.6. The largest absolute Gasteiger partial charge is 0.494 e. The maximum absolute atomic E-state index is 12.4. The van der Waals surface area contributed by atoms with E-state index in [9.17, 15) is 4.79 Å². The summed E-state index contributed by atoms with van der Waals surface area (Å²) in [5, 5.41) is 0. The number of nitrogens with two attached hydrogens (primary N) is 1. The zero-order valence-corrected chi connectivity index (χ0v) is 20.2. The van der Waals surface area contributed by atoms with Gasteiger partial charge in [-0.05, 0) is 56.2 Å². The molecule has 0 aromatic heterocycles. The van der Waals surface area contributed by atoms with Crippen LogP contribution in [0.2, 0.25) is 0 Å². The van der Waals surface area contributed by atoms with Gasteiger partial charge >= 0.3 is 0 Å². The minimum atomic E-state index is -0.417. The Kier molecular flexibility index (Phi) is 9.51. The number of rotatable bonds is 13. The molecule has 1 atom stereocenters. The maximum Gasteiger partial charge on any atom is 0.191 e. The van der Waals surface area contributed by atoms with E-state index in [1.54, 1.807) is 26.2 Å².